The molecule has 0 aromatic carbocycles. The van der Waals surface area contributed by atoms with Gasteiger partial charge < -0.3 is 9.67 Å². The SMILES string of the molecule is CC.Cn1ccnc1CO. The molecular formula is C7H14N2O. The van der Waals surface area contributed by atoms with Crippen LogP contribution in [-0.4, -0.2) is 14.7 Å². The maximum Gasteiger partial charge on any atom is 0.134 e. The van der Waals surface area contributed by atoms with E-state index in [0.717, 1.165) is 0 Å². The second kappa shape index (κ2) is 4.99. The maximum atomic E-state index is 8.52. The van der Waals surface area contributed by atoms with E-state index in [-0.39, 0.29) is 6.61 Å². The summed E-state index contributed by atoms with van der Waals surface area (Å²) in [5, 5.41) is 8.52. The molecule has 1 N–H and O–H groups in total. The van der Waals surface area contributed by atoms with Gasteiger partial charge in [-0.25, -0.2) is 4.98 Å². The number of nitrogens with zero attached hydrogens (tertiary/aromatic N) is 2. The van der Waals surface area contributed by atoms with Gasteiger partial charge in [-0.15, -0.1) is 0 Å². The smallest absolute Gasteiger partial charge is 0.134 e. The molecule has 0 aliphatic rings. The molecule has 1 aromatic rings. The van der Waals surface area contributed by atoms with Crippen LogP contribution in [-0.2, 0) is 13.7 Å². The lowest BCUT2D eigenvalue weighted by molar-refractivity contribution is 0.267. The molecule has 10 heavy (non-hydrogen) atoms. The monoisotopic (exact) mass is 142 g/mol. The summed E-state index contributed by atoms with van der Waals surface area (Å²) in [7, 11) is 1.85. The van der Waals surface area contributed by atoms with Crippen LogP contribution < -0.4 is 0 Å². The maximum absolute atomic E-state index is 8.52. The molecule has 1 rings (SSSR count). The van der Waals surface area contributed by atoms with Crippen LogP contribution in [0.1, 0.15) is 19.7 Å². The minimum Gasteiger partial charge on any atom is -0.388 e. The highest BCUT2D eigenvalue weighted by atomic mass is 16.3. The van der Waals surface area contributed by atoms with E-state index >= 15 is 0 Å². The zero-order valence-corrected chi connectivity index (χ0v) is 6.70. The van der Waals surface area contributed by atoms with Crippen molar-refractivity contribution in [1.82, 2.24) is 9.55 Å². The van der Waals surface area contributed by atoms with Gasteiger partial charge in [0.2, 0.25) is 0 Å². The summed E-state index contributed by atoms with van der Waals surface area (Å²) in [5.41, 5.74) is 0. The van der Waals surface area contributed by atoms with E-state index in [9.17, 15) is 0 Å². The lowest BCUT2D eigenvalue weighted by atomic mass is 10.6. The Bertz CT molecular complexity index is 172. The fourth-order valence-electron chi connectivity index (χ4n) is 0.549. The van der Waals surface area contributed by atoms with Crippen molar-refractivity contribution in [2.75, 3.05) is 0 Å². The second-order valence-corrected chi connectivity index (χ2v) is 1.61. The molecule has 0 radical (unpaired) electrons. The molecule has 58 valence electrons. The van der Waals surface area contributed by atoms with Crippen LogP contribution in [0.5, 0.6) is 0 Å². The van der Waals surface area contributed by atoms with Crippen molar-refractivity contribution in [2.45, 2.75) is 20.5 Å². The van der Waals surface area contributed by atoms with E-state index in [0.29, 0.717) is 5.82 Å². The zero-order chi connectivity index (χ0) is 7.98. The Balaban J connectivity index is 0.000000371. The van der Waals surface area contributed by atoms with Crippen molar-refractivity contribution < 1.29 is 5.11 Å². The molecular weight excluding hydrogens is 128 g/mol. The summed E-state index contributed by atoms with van der Waals surface area (Å²) >= 11 is 0. The predicted molar refractivity (Wildman–Crippen MR) is 40.5 cm³/mol. The summed E-state index contributed by atoms with van der Waals surface area (Å²) in [6, 6.07) is 0. The van der Waals surface area contributed by atoms with Gasteiger partial charge in [0.1, 0.15) is 12.4 Å². The van der Waals surface area contributed by atoms with E-state index in [1.54, 1.807) is 17.0 Å². The van der Waals surface area contributed by atoms with Gasteiger partial charge in [0, 0.05) is 19.4 Å². The predicted octanol–water partition coefficient (Wildman–Crippen LogP) is 0.939. The lowest BCUT2D eigenvalue weighted by Crippen LogP contribution is -1.94. The fourth-order valence-corrected chi connectivity index (χ4v) is 0.549. The molecule has 1 aromatic heterocycles. The lowest BCUT2D eigenvalue weighted by Gasteiger charge is -1.92. The molecule has 0 saturated heterocycles. The number of rotatable bonds is 1. The Kier molecular flexibility index (Phi) is 4.58. The zero-order valence-electron chi connectivity index (χ0n) is 6.70. The number of imidazole rings is 1. The Hall–Kier alpha value is -0.830. The van der Waals surface area contributed by atoms with Crippen LogP contribution in [0.4, 0.5) is 0 Å². The highest BCUT2D eigenvalue weighted by Crippen LogP contribution is 1.90. The summed E-state index contributed by atoms with van der Waals surface area (Å²) in [6.07, 6.45) is 3.46. The van der Waals surface area contributed by atoms with Crippen LogP contribution >= 0.6 is 0 Å². The van der Waals surface area contributed by atoms with E-state index < -0.39 is 0 Å². The Morgan fingerprint density at radius 3 is 2.40 bits per heavy atom. The molecule has 0 aliphatic heterocycles. The third-order valence-electron chi connectivity index (χ3n) is 1.06. The van der Waals surface area contributed by atoms with E-state index in [2.05, 4.69) is 4.98 Å². The van der Waals surface area contributed by atoms with Crippen LogP contribution in [0.15, 0.2) is 12.4 Å². The van der Waals surface area contributed by atoms with Crippen molar-refractivity contribution in [3.63, 3.8) is 0 Å². The average Bonchev–Trinajstić information content (AvgIpc) is 2.39. The van der Waals surface area contributed by atoms with Crippen molar-refractivity contribution in [3.8, 4) is 0 Å². The van der Waals surface area contributed by atoms with Crippen molar-refractivity contribution in [2.24, 2.45) is 7.05 Å². The van der Waals surface area contributed by atoms with E-state index in [1.165, 1.54) is 0 Å². The molecule has 3 nitrogen and oxygen atoms in total. The standard InChI is InChI=1S/C5H8N2O.C2H6/c1-7-3-2-6-5(7)4-8;1-2/h2-3,8H,4H2,1H3;1-2H3. The van der Waals surface area contributed by atoms with Gasteiger partial charge in [0.25, 0.3) is 0 Å². The Morgan fingerprint density at radius 2 is 2.20 bits per heavy atom. The molecule has 0 fully saturated rings. The number of aliphatic hydroxyl groups is 1. The molecule has 0 saturated carbocycles. The van der Waals surface area contributed by atoms with Crippen LogP contribution in [0.3, 0.4) is 0 Å². The highest BCUT2D eigenvalue weighted by Gasteiger charge is 1.91. The van der Waals surface area contributed by atoms with E-state index in [4.69, 9.17) is 5.11 Å². The molecule has 0 bridgehead atoms. The summed E-state index contributed by atoms with van der Waals surface area (Å²) in [6.45, 7) is 4.02. The van der Waals surface area contributed by atoms with Gasteiger partial charge in [0.15, 0.2) is 0 Å². The van der Waals surface area contributed by atoms with Crippen molar-refractivity contribution in [3.05, 3.63) is 18.2 Å². The fraction of sp³-hybridized carbons (Fsp3) is 0.571. The molecule has 0 amide bonds. The van der Waals surface area contributed by atoms with Crippen LogP contribution in [0.2, 0.25) is 0 Å². The Labute approximate surface area is 61.3 Å². The van der Waals surface area contributed by atoms with Gasteiger partial charge in [-0.3, -0.25) is 0 Å². The number of hydrogen-bond donors (Lipinski definition) is 1. The van der Waals surface area contributed by atoms with Gasteiger partial charge in [-0.05, 0) is 0 Å². The van der Waals surface area contributed by atoms with Gasteiger partial charge in [-0.1, -0.05) is 13.8 Å². The second-order valence-electron chi connectivity index (χ2n) is 1.61. The van der Waals surface area contributed by atoms with Crippen LogP contribution in [0, 0.1) is 0 Å². The number of aryl methyl sites for hydroxylation is 1. The molecule has 0 spiro atoms. The van der Waals surface area contributed by atoms with Crippen molar-refractivity contribution in [1.29, 1.82) is 0 Å². The van der Waals surface area contributed by atoms with Gasteiger partial charge >= 0.3 is 0 Å². The topological polar surface area (TPSA) is 38.0 Å². The minimum absolute atomic E-state index is 0.0174. The van der Waals surface area contributed by atoms with E-state index in [1.807, 2.05) is 20.9 Å². The molecule has 1 heterocycles. The largest absolute Gasteiger partial charge is 0.388 e. The molecule has 0 aliphatic carbocycles. The molecule has 3 heteroatoms. The molecule has 0 unspecified atom stereocenters. The van der Waals surface area contributed by atoms with Crippen molar-refractivity contribution >= 4 is 0 Å². The first-order chi connectivity index (χ1) is 4.84. The number of aromatic nitrogens is 2. The normalized spacial score (nSPS) is 8.40. The summed E-state index contributed by atoms with van der Waals surface area (Å²) in [4.78, 5) is 3.85. The minimum atomic E-state index is 0.0174. The number of aliphatic hydroxyl groups excluding tert-OH is 1. The quantitative estimate of drug-likeness (QED) is 0.633. The first kappa shape index (κ1) is 9.17. The Morgan fingerprint density at radius 1 is 1.60 bits per heavy atom. The third-order valence-corrected chi connectivity index (χ3v) is 1.06. The van der Waals surface area contributed by atoms with Gasteiger partial charge in [-0.2, -0.15) is 0 Å². The summed E-state index contributed by atoms with van der Waals surface area (Å²) in [5.74, 6) is 0.699. The third kappa shape index (κ3) is 2.19. The summed E-state index contributed by atoms with van der Waals surface area (Å²) < 4.78 is 1.78. The highest BCUT2D eigenvalue weighted by molar-refractivity contribution is 4.87. The van der Waals surface area contributed by atoms with Gasteiger partial charge in [0.05, 0.1) is 0 Å². The number of hydrogen-bond acceptors (Lipinski definition) is 2. The molecule has 0 atom stereocenters. The first-order valence-corrected chi connectivity index (χ1v) is 3.41. The first-order valence-electron chi connectivity index (χ1n) is 3.41. The van der Waals surface area contributed by atoms with Crippen LogP contribution in [0.25, 0.3) is 0 Å². The average molecular weight is 142 g/mol.